The van der Waals surface area contributed by atoms with Gasteiger partial charge in [-0.3, -0.25) is 0 Å². The number of pyridine rings is 3. The average molecular weight is 788 g/mol. The van der Waals surface area contributed by atoms with Gasteiger partial charge in [0.25, 0.3) is 0 Å². The van der Waals surface area contributed by atoms with Crippen molar-refractivity contribution in [2.75, 3.05) is 11.5 Å². The van der Waals surface area contributed by atoms with Crippen LogP contribution in [0.1, 0.15) is 0 Å². The predicted octanol–water partition coefficient (Wildman–Crippen LogP) is 6.83. The summed E-state index contributed by atoms with van der Waals surface area (Å²) in [6.07, 6.45) is 0. The van der Waals surface area contributed by atoms with Gasteiger partial charge in [-0.25, -0.2) is 15.0 Å². The molecule has 0 bridgehead atoms. The summed E-state index contributed by atoms with van der Waals surface area (Å²) in [5.41, 5.74) is 10.7. The first-order valence-electron chi connectivity index (χ1n) is 6.62. The average Bonchev–Trinajstić information content (AvgIpc) is 2.56. The van der Waals surface area contributed by atoms with Gasteiger partial charge in [-0.15, -0.1) is 0 Å². The molecule has 0 saturated carbocycles. The van der Waals surface area contributed by atoms with E-state index in [0.29, 0.717) is 11.6 Å². The van der Waals surface area contributed by atoms with Crippen LogP contribution in [0.2, 0.25) is 0 Å². The molecule has 0 aliphatic rings. The fraction of sp³-hybridized carbons (Fsp3) is 0. The van der Waals surface area contributed by atoms with Crippen LogP contribution in [-0.2, 0) is 0 Å². The zero-order valence-corrected chi connectivity index (χ0v) is 22.9. The second kappa shape index (κ2) is 12.6. The molecule has 26 heavy (non-hydrogen) atoms. The number of halogens is 6. The zero-order chi connectivity index (χ0) is 19.7. The van der Waals surface area contributed by atoms with E-state index in [4.69, 9.17) is 11.5 Å². The van der Waals surface area contributed by atoms with E-state index in [-0.39, 0.29) is 0 Å². The molecule has 0 fully saturated rings. The molecule has 4 N–H and O–H groups in total. The number of rotatable bonds is 0. The summed E-state index contributed by atoms with van der Waals surface area (Å²) in [5.74, 6) is 1.06. The van der Waals surface area contributed by atoms with Crippen LogP contribution in [0, 0.1) is 3.70 Å². The number of anilines is 2. The van der Waals surface area contributed by atoms with Crippen molar-refractivity contribution in [2.24, 2.45) is 0 Å². The molecule has 0 spiro atoms. The van der Waals surface area contributed by atoms with Crippen molar-refractivity contribution >= 4 is 114 Å². The van der Waals surface area contributed by atoms with Crippen molar-refractivity contribution in [3.8, 4) is 0 Å². The smallest absolute Gasteiger partial charge is 0.124 e. The Morgan fingerprint density at radius 1 is 0.654 bits per heavy atom. The maximum Gasteiger partial charge on any atom is 0.124 e. The number of hydrogen-bond acceptors (Lipinski definition) is 5. The van der Waals surface area contributed by atoms with Crippen LogP contribution >= 0.6 is 102 Å². The van der Waals surface area contributed by atoms with Crippen LogP contribution in [0.3, 0.4) is 0 Å². The van der Waals surface area contributed by atoms with Crippen molar-refractivity contribution in [3.05, 3.63) is 68.9 Å². The Morgan fingerprint density at radius 2 is 1.19 bits per heavy atom. The summed E-state index contributed by atoms with van der Waals surface area (Å²) in [5, 5.41) is 0. The molecule has 11 heteroatoms. The van der Waals surface area contributed by atoms with Gasteiger partial charge in [0.15, 0.2) is 0 Å². The van der Waals surface area contributed by atoms with E-state index in [0.717, 1.165) is 26.5 Å². The molecule has 138 valence electrons. The van der Waals surface area contributed by atoms with E-state index in [1.165, 1.54) is 0 Å². The van der Waals surface area contributed by atoms with Gasteiger partial charge >= 0.3 is 0 Å². The minimum atomic E-state index is 0.519. The summed E-state index contributed by atoms with van der Waals surface area (Å²) in [7, 11) is 0. The predicted molar refractivity (Wildman–Crippen MR) is 133 cm³/mol. The lowest BCUT2D eigenvalue weighted by Crippen LogP contribution is -1.88. The lowest BCUT2D eigenvalue weighted by molar-refractivity contribution is 1.21. The Kier molecular flexibility index (Phi) is 11.7. The molecule has 5 nitrogen and oxygen atoms in total. The number of aromatic nitrogens is 3. The number of nitrogens with zero attached hydrogens (tertiary/aromatic N) is 3. The first-order chi connectivity index (χ1) is 12.2. The van der Waals surface area contributed by atoms with Crippen molar-refractivity contribution in [2.45, 2.75) is 0 Å². The highest BCUT2D eigenvalue weighted by atomic mass is 127. The van der Waals surface area contributed by atoms with Crippen LogP contribution in [0.25, 0.3) is 0 Å². The first kappa shape index (κ1) is 24.2. The summed E-state index contributed by atoms with van der Waals surface area (Å²) < 4.78 is 5.26. The van der Waals surface area contributed by atoms with Crippen molar-refractivity contribution in [3.63, 3.8) is 0 Å². The minimum Gasteiger partial charge on any atom is -0.384 e. The number of nitrogen functional groups attached to an aromatic ring is 2. The molecule has 0 aliphatic heterocycles. The van der Waals surface area contributed by atoms with Crippen LogP contribution in [-0.4, -0.2) is 15.0 Å². The third-order valence-electron chi connectivity index (χ3n) is 2.33. The SMILES string of the molecule is Brc1ccc(I)nc1Br.Nc1ccc(Br)c(Br)n1.Nc1cccc(Br)n1. The van der Waals surface area contributed by atoms with Gasteiger partial charge in [0, 0.05) is 0 Å². The monoisotopic (exact) mass is 783 g/mol. The molecule has 0 aromatic carbocycles. The Morgan fingerprint density at radius 3 is 1.58 bits per heavy atom. The van der Waals surface area contributed by atoms with E-state index in [2.05, 4.69) is 117 Å². The Bertz CT molecular complexity index is 799. The lowest BCUT2D eigenvalue weighted by atomic mass is 10.5. The highest BCUT2D eigenvalue weighted by Gasteiger charge is 1.96. The van der Waals surface area contributed by atoms with Crippen LogP contribution in [0.4, 0.5) is 11.6 Å². The molecule has 0 saturated heterocycles. The molecule has 3 heterocycles. The molecule has 0 aliphatic carbocycles. The third kappa shape index (κ3) is 9.93. The molecule has 0 atom stereocenters. The number of nitrogens with two attached hydrogens (primary N) is 2. The maximum absolute atomic E-state index is 5.37. The molecular weight excluding hydrogens is 777 g/mol. The van der Waals surface area contributed by atoms with Crippen LogP contribution in [0.5, 0.6) is 0 Å². The largest absolute Gasteiger partial charge is 0.384 e. The lowest BCUT2D eigenvalue weighted by Gasteiger charge is -1.94. The van der Waals surface area contributed by atoms with E-state index < -0.39 is 0 Å². The van der Waals surface area contributed by atoms with Gasteiger partial charge < -0.3 is 11.5 Å². The molecule has 0 radical (unpaired) electrons. The number of hydrogen-bond donors (Lipinski definition) is 2. The maximum atomic E-state index is 5.37. The van der Waals surface area contributed by atoms with E-state index in [1.807, 2.05) is 30.3 Å². The van der Waals surface area contributed by atoms with Gasteiger partial charge in [-0.1, -0.05) is 6.07 Å². The highest BCUT2D eigenvalue weighted by Crippen LogP contribution is 2.21. The Hall–Kier alpha value is 0.180. The fourth-order valence-electron chi connectivity index (χ4n) is 1.25. The summed E-state index contributed by atoms with van der Waals surface area (Å²) in [4.78, 5) is 11.9. The summed E-state index contributed by atoms with van der Waals surface area (Å²) >= 11 is 18.4. The van der Waals surface area contributed by atoms with Crippen LogP contribution < -0.4 is 11.5 Å². The second-order valence-electron chi connectivity index (χ2n) is 4.30. The van der Waals surface area contributed by atoms with E-state index in [9.17, 15) is 0 Å². The van der Waals surface area contributed by atoms with Crippen LogP contribution in [0.15, 0.2) is 65.2 Å². The topological polar surface area (TPSA) is 90.7 Å². The van der Waals surface area contributed by atoms with Gasteiger partial charge in [-0.05, 0) is 139 Å². The standard InChI is InChI=1S/C5H2Br2IN.C5H4Br2N2.C5H5BrN2/c2*6-3-1-2-4(8)9-5(3)7;6-4-2-1-3-5(7)8-4/h1-2H;1-2H,(H2,8,9);1-3H,(H2,7,8). The first-order valence-corrected chi connectivity index (χ1v) is 11.7. The summed E-state index contributed by atoms with van der Waals surface area (Å²) in [6.45, 7) is 0. The van der Waals surface area contributed by atoms with Gasteiger partial charge in [0.2, 0.25) is 0 Å². The quantitative estimate of drug-likeness (QED) is 0.193. The fourth-order valence-corrected chi connectivity index (χ4v) is 3.46. The second-order valence-corrected chi connectivity index (χ2v) is 9.43. The van der Waals surface area contributed by atoms with Gasteiger partial charge in [0.05, 0.1) is 8.95 Å². The molecular formula is C15H11Br5IN5. The third-order valence-corrected chi connectivity index (χ3v) is 6.93. The molecule has 3 aromatic rings. The van der Waals surface area contributed by atoms with Crippen molar-refractivity contribution < 1.29 is 0 Å². The van der Waals surface area contributed by atoms with Gasteiger partial charge in [0.1, 0.15) is 29.1 Å². The molecule has 0 amide bonds. The highest BCUT2D eigenvalue weighted by molar-refractivity contribution is 14.1. The molecule has 3 rings (SSSR count). The zero-order valence-electron chi connectivity index (χ0n) is 12.8. The molecule has 0 unspecified atom stereocenters. The van der Waals surface area contributed by atoms with E-state index in [1.54, 1.807) is 12.1 Å². The van der Waals surface area contributed by atoms with Crippen molar-refractivity contribution in [1.29, 1.82) is 0 Å². The molecule has 3 aromatic heterocycles. The minimum absolute atomic E-state index is 0.519. The Labute approximate surface area is 206 Å². The van der Waals surface area contributed by atoms with E-state index >= 15 is 0 Å². The van der Waals surface area contributed by atoms with Gasteiger partial charge in [-0.2, -0.15) is 0 Å². The normalized spacial score (nSPS) is 9.46. The Balaban J connectivity index is 0.000000195. The summed E-state index contributed by atoms with van der Waals surface area (Å²) in [6, 6.07) is 12.9. The van der Waals surface area contributed by atoms with Crippen molar-refractivity contribution in [1.82, 2.24) is 15.0 Å².